The highest BCUT2D eigenvalue weighted by Crippen LogP contribution is 2.28. The van der Waals surface area contributed by atoms with Crippen LogP contribution < -0.4 is 5.32 Å². The van der Waals surface area contributed by atoms with E-state index >= 15 is 0 Å². The molecule has 132 valence electrons. The van der Waals surface area contributed by atoms with Crippen molar-refractivity contribution < 1.29 is 9.18 Å². The van der Waals surface area contributed by atoms with Crippen LogP contribution in [0.25, 0.3) is 10.8 Å². The molecule has 3 nitrogen and oxygen atoms in total. The van der Waals surface area contributed by atoms with Gasteiger partial charge in [-0.1, -0.05) is 49.4 Å². The summed E-state index contributed by atoms with van der Waals surface area (Å²) in [4.78, 5) is 12.1. The summed E-state index contributed by atoms with van der Waals surface area (Å²) < 4.78 is 12.9. The molecule has 0 fully saturated rings. The standard InChI is InChI=1S/C22H21FN2O/c1-15(20-8-4-6-16-5-2-3-7-21(16)20)13-18(24)14-22(26)25-19-11-9-17(23)10-12-19/h2-12,15,24H,13-14H2,1H3,(H,25,26). The number of halogens is 1. The summed E-state index contributed by atoms with van der Waals surface area (Å²) in [5, 5.41) is 13.2. The normalized spacial score (nSPS) is 11.9. The fourth-order valence-corrected chi connectivity index (χ4v) is 3.16. The Morgan fingerprint density at radius 1 is 1.04 bits per heavy atom. The summed E-state index contributed by atoms with van der Waals surface area (Å²) in [5.74, 6) is -0.460. The zero-order chi connectivity index (χ0) is 18.5. The van der Waals surface area contributed by atoms with Gasteiger partial charge in [0.1, 0.15) is 5.82 Å². The van der Waals surface area contributed by atoms with Crippen LogP contribution in [-0.4, -0.2) is 11.6 Å². The van der Waals surface area contributed by atoms with E-state index in [-0.39, 0.29) is 24.1 Å². The average Bonchev–Trinajstić information content (AvgIpc) is 2.63. The minimum absolute atomic E-state index is 0.0342. The number of amides is 1. The Balaban J connectivity index is 1.62. The van der Waals surface area contributed by atoms with E-state index in [4.69, 9.17) is 5.41 Å². The van der Waals surface area contributed by atoms with E-state index in [2.05, 4.69) is 36.5 Å². The molecule has 0 aromatic heterocycles. The van der Waals surface area contributed by atoms with Gasteiger partial charge >= 0.3 is 0 Å². The maximum Gasteiger partial charge on any atom is 0.230 e. The summed E-state index contributed by atoms with van der Waals surface area (Å²) in [6.07, 6.45) is 0.553. The van der Waals surface area contributed by atoms with Crippen molar-refractivity contribution in [1.82, 2.24) is 0 Å². The fraction of sp³-hybridized carbons (Fsp3) is 0.182. The number of fused-ring (bicyclic) bond motifs is 1. The predicted octanol–water partition coefficient (Wildman–Crippen LogP) is 5.52. The third-order valence-electron chi connectivity index (χ3n) is 4.41. The van der Waals surface area contributed by atoms with E-state index in [0.717, 1.165) is 0 Å². The van der Waals surface area contributed by atoms with Crippen molar-refractivity contribution in [2.45, 2.75) is 25.7 Å². The average molecular weight is 348 g/mol. The second kappa shape index (κ2) is 7.91. The lowest BCUT2D eigenvalue weighted by atomic mass is 9.90. The largest absolute Gasteiger partial charge is 0.326 e. The Morgan fingerprint density at radius 2 is 1.73 bits per heavy atom. The molecule has 2 N–H and O–H groups in total. The molecular formula is C22H21FN2O. The molecule has 0 aliphatic heterocycles. The summed E-state index contributed by atoms with van der Waals surface area (Å²) in [6.45, 7) is 2.08. The quantitative estimate of drug-likeness (QED) is 0.566. The molecule has 0 saturated heterocycles. The van der Waals surface area contributed by atoms with Gasteiger partial charge in [-0.05, 0) is 52.9 Å². The first-order valence-electron chi connectivity index (χ1n) is 8.62. The molecule has 4 heteroatoms. The van der Waals surface area contributed by atoms with Gasteiger partial charge in [0, 0.05) is 11.4 Å². The van der Waals surface area contributed by atoms with Gasteiger partial charge in [-0.25, -0.2) is 4.39 Å². The van der Waals surface area contributed by atoms with Crippen molar-refractivity contribution in [3.05, 3.63) is 78.1 Å². The molecule has 26 heavy (non-hydrogen) atoms. The molecule has 0 saturated carbocycles. The highest BCUT2D eigenvalue weighted by molar-refractivity contribution is 6.05. The maximum atomic E-state index is 12.9. The minimum atomic E-state index is -0.348. The van der Waals surface area contributed by atoms with Crippen molar-refractivity contribution in [3.63, 3.8) is 0 Å². The third-order valence-corrected chi connectivity index (χ3v) is 4.41. The molecule has 0 aliphatic rings. The zero-order valence-corrected chi connectivity index (χ0v) is 14.6. The first kappa shape index (κ1) is 17.8. The summed E-state index contributed by atoms with van der Waals surface area (Å²) in [7, 11) is 0. The molecule has 3 aromatic rings. The van der Waals surface area contributed by atoms with Gasteiger partial charge in [0.25, 0.3) is 0 Å². The van der Waals surface area contributed by atoms with Crippen molar-refractivity contribution in [2.24, 2.45) is 0 Å². The van der Waals surface area contributed by atoms with Crippen molar-refractivity contribution in [1.29, 1.82) is 5.41 Å². The molecule has 1 amide bonds. The van der Waals surface area contributed by atoms with Crippen LogP contribution in [0, 0.1) is 11.2 Å². The maximum absolute atomic E-state index is 12.9. The summed E-state index contributed by atoms with van der Waals surface area (Å²) in [5.41, 5.74) is 2.10. The zero-order valence-electron chi connectivity index (χ0n) is 14.6. The number of nitrogens with one attached hydrogen (secondary N) is 2. The van der Waals surface area contributed by atoms with E-state index in [0.29, 0.717) is 17.8 Å². The van der Waals surface area contributed by atoms with Crippen molar-refractivity contribution in [2.75, 3.05) is 5.32 Å². The number of anilines is 1. The van der Waals surface area contributed by atoms with Gasteiger partial charge < -0.3 is 10.7 Å². The van der Waals surface area contributed by atoms with Crippen LogP contribution in [-0.2, 0) is 4.79 Å². The Hall–Kier alpha value is -3.01. The molecular weight excluding hydrogens is 327 g/mol. The molecule has 3 rings (SSSR count). The van der Waals surface area contributed by atoms with Crippen molar-refractivity contribution in [3.8, 4) is 0 Å². The topological polar surface area (TPSA) is 53.0 Å². The lowest BCUT2D eigenvalue weighted by molar-refractivity contribution is -0.115. The van der Waals surface area contributed by atoms with Gasteiger partial charge in [0.05, 0.1) is 6.42 Å². The number of rotatable bonds is 6. The highest BCUT2D eigenvalue weighted by Gasteiger charge is 2.14. The molecule has 3 aromatic carbocycles. The van der Waals surface area contributed by atoms with E-state index < -0.39 is 0 Å². The van der Waals surface area contributed by atoms with Crippen LogP contribution in [0.5, 0.6) is 0 Å². The van der Waals surface area contributed by atoms with E-state index in [9.17, 15) is 9.18 Å². The second-order valence-corrected chi connectivity index (χ2v) is 6.51. The van der Waals surface area contributed by atoms with Crippen LogP contribution >= 0.6 is 0 Å². The molecule has 0 radical (unpaired) electrons. The van der Waals surface area contributed by atoms with Gasteiger partial charge in [-0.15, -0.1) is 0 Å². The van der Waals surface area contributed by atoms with Crippen LogP contribution in [0.15, 0.2) is 66.7 Å². The van der Waals surface area contributed by atoms with Gasteiger partial charge in [-0.3, -0.25) is 4.79 Å². The molecule has 0 spiro atoms. The number of hydrogen-bond acceptors (Lipinski definition) is 2. The second-order valence-electron chi connectivity index (χ2n) is 6.51. The van der Waals surface area contributed by atoms with E-state index in [1.807, 2.05) is 18.2 Å². The summed E-state index contributed by atoms with van der Waals surface area (Å²) >= 11 is 0. The van der Waals surface area contributed by atoms with Crippen LogP contribution in [0.3, 0.4) is 0 Å². The Morgan fingerprint density at radius 3 is 2.50 bits per heavy atom. The number of hydrogen-bond donors (Lipinski definition) is 2. The highest BCUT2D eigenvalue weighted by atomic mass is 19.1. The Labute approximate surface area is 152 Å². The Kier molecular flexibility index (Phi) is 5.42. The molecule has 0 bridgehead atoms. The Bertz CT molecular complexity index is 929. The van der Waals surface area contributed by atoms with Crippen molar-refractivity contribution >= 4 is 28.1 Å². The molecule has 1 unspecified atom stereocenters. The summed E-state index contributed by atoms with van der Waals surface area (Å²) in [6, 6.07) is 20.0. The smallest absolute Gasteiger partial charge is 0.230 e. The number of carbonyl (C=O) groups excluding carboxylic acids is 1. The first-order valence-corrected chi connectivity index (χ1v) is 8.62. The predicted molar refractivity (Wildman–Crippen MR) is 104 cm³/mol. The lowest BCUT2D eigenvalue weighted by Crippen LogP contribution is -2.17. The van der Waals surface area contributed by atoms with E-state index in [1.54, 1.807) is 0 Å². The molecule has 0 aliphatic carbocycles. The van der Waals surface area contributed by atoms with Gasteiger partial charge in [-0.2, -0.15) is 0 Å². The van der Waals surface area contributed by atoms with E-state index in [1.165, 1.54) is 40.6 Å². The number of benzene rings is 3. The SMILES string of the molecule is CC(CC(=N)CC(=O)Nc1ccc(F)cc1)c1cccc2ccccc12. The van der Waals surface area contributed by atoms with Gasteiger partial charge in [0.15, 0.2) is 0 Å². The lowest BCUT2D eigenvalue weighted by Gasteiger charge is -2.15. The van der Waals surface area contributed by atoms with Crippen LogP contribution in [0.1, 0.15) is 31.2 Å². The number of carbonyl (C=O) groups is 1. The van der Waals surface area contributed by atoms with Gasteiger partial charge in [0.2, 0.25) is 5.91 Å². The first-order chi connectivity index (χ1) is 12.5. The van der Waals surface area contributed by atoms with Crippen LogP contribution in [0.4, 0.5) is 10.1 Å². The molecule has 0 heterocycles. The van der Waals surface area contributed by atoms with Crippen LogP contribution in [0.2, 0.25) is 0 Å². The monoisotopic (exact) mass is 348 g/mol. The molecule has 1 atom stereocenters. The fourth-order valence-electron chi connectivity index (χ4n) is 3.16. The minimum Gasteiger partial charge on any atom is -0.326 e. The third kappa shape index (κ3) is 4.33.